The summed E-state index contributed by atoms with van der Waals surface area (Å²) in [4.78, 5) is 11.6. The molecule has 0 unspecified atom stereocenters. The van der Waals surface area contributed by atoms with E-state index in [9.17, 15) is 0 Å². The van der Waals surface area contributed by atoms with E-state index in [4.69, 9.17) is 14.7 Å². The average molecular weight is 446 g/mol. The Hall–Kier alpha value is -2.96. The van der Waals surface area contributed by atoms with E-state index in [1.807, 2.05) is 44.4 Å². The van der Waals surface area contributed by atoms with E-state index in [2.05, 4.69) is 52.0 Å². The van der Waals surface area contributed by atoms with Crippen LogP contribution in [0.4, 0.5) is 11.8 Å². The number of ether oxygens (including phenoxy) is 1. The molecule has 2 N–H and O–H groups in total. The molecule has 1 aliphatic rings. The molecule has 6 nitrogen and oxygen atoms in total. The van der Waals surface area contributed by atoms with E-state index in [-0.39, 0.29) is 0 Å². The number of fused-ring (bicyclic) bond motifs is 1. The van der Waals surface area contributed by atoms with Crippen LogP contribution in [-0.2, 0) is 11.3 Å². The molecule has 0 radical (unpaired) electrons. The van der Waals surface area contributed by atoms with Gasteiger partial charge in [0, 0.05) is 38.1 Å². The summed E-state index contributed by atoms with van der Waals surface area (Å²) in [6.07, 6.45) is 8.82. The quantitative estimate of drug-likeness (QED) is 0.346. The molecule has 1 saturated carbocycles. The first-order chi connectivity index (χ1) is 16.2. The molecule has 0 spiro atoms. The predicted molar refractivity (Wildman–Crippen MR) is 137 cm³/mol. The van der Waals surface area contributed by atoms with Crippen LogP contribution in [0, 0.1) is 0 Å². The van der Waals surface area contributed by atoms with E-state index < -0.39 is 0 Å². The van der Waals surface area contributed by atoms with Crippen molar-refractivity contribution in [1.82, 2.24) is 15.3 Å². The van der Waals surface area contributed by atoms with Gasteiger partial charge in [-0.05, 0) is 43.4 Å². The van der Waals surface area contributed by atoms with Crippen molar-refractivity contribution in [2.24, 2.45) is 0 Å². The van der Waals surface area contributed by atoms with Crippen molar-refractivity contribution in [2.75, 3.05) is 37.5 Å². The summed E-state index contributed by atoms with van der Waals surface area (Å²) in [6, 6.07) is 19.5. The van der Waals surface area contributed by atoms with Crippen LogP contribution >= 0.6 is 0 Å². The fraction of sp³-hybridized carbons (Fsp3) is 0.407. The molecule has 4 rings (SSSR count). The Morgan fingerprint density at radius 2 is 1.64 bits per heavy atom. The zero-order chi connectivity index (χ0) is 22.9. The first-order valence-corrected chi connectivity index (χ1v) is 11.9. The lowest BCUT2D eigenvalue weighted by Crippen LogP contribution is -2.37. The van der Waals surface area contributed by atoms with Gasteiger partial charge < -0.3 is 20.3 Å². The third-order valence-electron chi connectivity index (χ3n) is 6.08. The molecule has 1 fully saturated rings. The molecule has 0 amide bonds. The topological polar surface area (TPSA) is 62.3 Å². The lowest BCUT2D eigenvalue weighted by Gasteiger charge is -2.29. The van der Waals surface area contributed by atoms with Gasteiger partial charge in [0.1, 0.15) is 5.82 Å². The largest absolute Gasteiger partial charge is 0.373 e. The second kappa shape index (κ2) is 11.8. The molecule has 3 aromatic rings. The van der Waals surface area contributed by atoms with Crippen molar-refractivity contribution >= 4 is 22.7 Å². The Labute approximate surface area is 197 Å². The van der Waals surface area contributed by atoms with Gasteiger partial charge in [0.25, 0.3) is 0 Å². The van der Waals surface area contributed by atoms with Crippen molar-refractivity contribution in [2.45, 2.75) is 44.4 Å². The van der Waals surface area contributed by atoms with Crippen molar-refractivity contribution in [1.29, 1.82) is 0 Å². The van der Waals surface area contributed by atoms with Gasteiger partial charge in [0.15, 0.2) is 0 Å². The SMILES string of the molecule is CN(C)c1nc(N[C@H]2CC[C@@H](NC/C=C/COCc3ccccc3)CC2)nc2ccccc12. The Morgan fingerprint density at radius 1 is 0.909 bits per heavy atom. The summed E-state index contributed by atoms with van der Waals surface area (Å²) in [5, 5.41) is 8.32. The van der Waals surface area contributed by atoms with E-state index >= 15 is 0 Å². The third kappa shape index (κ3) is 6.76. The summed E-state index contributed by atoms with van der Waals surface area (Å²) in [7, 11) is 4.05. The number of anilines is 2. The van der Waals surface area contributed by atoms with E-state index in [0.29, 0.717) is 25.3 Å². The summed E-state index contributed by atoms with van der Waals surface area (Å²) in [5.41, 5.74) is 2.19. The highest BCUT2D eigenvalue weighted by Gasteiger charge is 2.21. The number of rotatable bonds is 10. The van der Waals surface area contributed by atoms with Crippen molar-refractivity contribution < 1.29 is 4.74 Å². The van der Waals surface area contributed by atoms with Gasteiger partial charge in [-0.2, -0.15) is 4.98 Å². The maximum atomic E-state index is 5.69. The lowest BCUT2D eigenvalue weighted by atomic mass is 9.91. The zero-order valence-electron chi connectivity index (χ0n) is 19.7. The van der Waals surface area contributed by atoms with Crippen LogP contribution in [0.1, 0.15) is 31.2 Å². The highest BCUT2D eigenvalue weighted by Crippen LogP contribution is 2.26. The fourth-order valence-corrected chi connectivity index (χ4v) is 4.29. The maximum Gasteiger partial charge on any atom is 0.225 e. The standard InChI is InChI=1S/C27H35N5O/c1-32(2)26-24-12-6-7-13-25(24)30-27(31-26)29-23-16-14-22(15-17-23)28-18-8-9-19-33-20-21-10-4-3-5-11-21/h3-13,22-23,28H,14-20H2,1-2H3,(H,29,30,31)/b9-8+/t22-,23+. The summed E-state index contributed by atoms with van der Waals surface area (Å²) < 4.78 is 5.69. The van der Waals surface area contributed by atoms with Crippen molar-refractivity contribution in [3.05, 3.63) is 72.3 Å². The van der Waals surface area contributed by atoms with Crippen LogP contribution in [-0.4, -0.2) is 49.3 Å². The Bertz CT molecular complexity index is 1030. The molecule has 1 aliphatic carbocycles. The molecule has 0 atom stereocenters. The molecule has 0 saturated heterocycles. The fourth-order valence-electron chi connectivity index (χ4n) is 4.29. The molecular weight excluding hydrogens is 410 g/mol. The number of nitrogens with one attached hydrogen (secondary N) is 2. The number of benzene rings is 2. The minimum Gasteiger partial charge on any atom is -0.373 e. The van der Waals surface area contributed by atoms with Gasteiger partial charge in [-0.25, -0.2) is 4.98 Å². The second-order valence-corrected chi connectivity index (χ2v) is 8.86. The molecule has 1 heterocycles. The van der Waals surface area contributed by atoms with Crippen LogP contribution in [0.2, 0.25) is 0 Å². The normalized spacial score (nSPS) is 18.6. The first kappa shape index (κ1) is 23.2. The number of hydrogen-bond donors (Lipinski definition) is 2. The maximum absolute atomic E-state index is 5.69. The Morgan fingerprint density at radius 3 is 2.42 bits per heavy atom. The smallest absolute Gasteiger partial charge is 0.225 e. The van der Waals surface area contributed by atoms with Crippen LogP contribution in [0.25, 0.3) is 10.9 Å². The number of nitrogens with zero attached hydrogens (tertiary/aromatic N) is 3. The Kier molecular flexibility index (Phi) is 8.28. The van der Waals surface area contributed by atoms with E-state index in [1.54, 1.807) is 0 Å². The van der Waals surface area contributed by atoms with Gasteiger partial charge in [-0.1, -0.05) is 54.6 Å². The molecule has 2 aromatic carbocycles. The third-order valence-corrected chi connectivity index (χ3v) is 6.08. The predicted octanol–water partition coefficient (Wildman–Crippen LogP) is 4.78. The molecule has 33 heavy (non-hydrogen) atoms. The van der Waals surface area contributed by atoms with Crippen molar-refractivity contribution in [3.8, 4) is 0 Å². The number of para-hydroxylation sites is 1. The summed E-state index contributed by atoms with van der Waals surface area (Å²) in [5.74, 6) is 1.69. The van der Waals surface area contributed by atoms with E-state index in [1.165, 1.54) is 5.56 Å². The molecule has 0 bridgehead atoms. The molecule has 0 aliphatic heterocycles. The molecule has 1 aromatic heterocycles. The first-order valence-electron chi connectivity index (χ1n) is 11.9. The van der Waals surface area contributed by atoms with Gasteiger partial charge in [-0.3, -0.25) is 0 Å². The number of hydrogen-bond acceptors (Lipinski definition) is 6. The van der Waals surface area contributed by atoms with Crippen LogP contribution in [0.5, 0.6) is 0 Å². The summed E-state index contributed by atoms with van der Waals surface area (Å²) >= 11 is 0. The van der Waals surface area contributed by atoms with Gasteiger partial charge in [0.2, 0.25) is 5.95 Å². The molecule has 174 valence electrons. The minimum atomic E-state index is 0.418. The van der Waals surface area contributed by atoms with Gasteiger partial charge in [-0.15, -0.1) is 0 Å². The summed E-state index contributed by atoms with van der Waals surface area (Å²) in [6.45, 7) is 2.19. The van der Waals surface area contributed by atoms with Crippen LogP contribution < -0.4 is 15.5 Å². The molecule has 6 heteroatoms. The highest BCUT2D eigenvalue weighted by atomic mass is 16.5. The Balaban J connectivity index is 1.17. The van der Waals surface area contributed by atoms with Crippen LogP contribution in [0.3, 0.4) is 0 Å². The average Bonchev–Trinajstić information content (AvgIpc) is 2.84. The zero-order valence-corrected chi connectivity index (χ0v) is 19.7. The second-order valence-electron chi connectivity index (χ2n) is 8.86. The highest BCUT2D eigenvalue weighted by molar-refractivity contribution is 5.90. The van der Waals surface area contributed by atoms with Gasteiger partial charge >= 0.3 is 0 Å². The van der Waals surface area contributed by atoms with Gasteiger partial charge in [0.05, 0.1) is 18.7 Å². The minimum absolute atomic E-state index is 0.418. The van der Waals surface area contributed by atoms with E-state index in [0.717, 1.165) is 54.9 Å². The molecular formula is C27H35N5O. The monoisotopic (exact) mass is 445 g/mol. The van der Waals surface area contributed by atoms with Crippen molar-refractivity contribution in [3.63, 3.8) is 0 Å². The lowest BCUT2D eigenvalue weighted by molar-refractivity contribution is 0.148. The van der Waals surface area contributed by atoms with Crippen LogP contribution in [0.15, 0.2) is 66.7 Å². The number of aromatic nitrogens is 2.